The molecule has 1 unspecified atom stereocenters. The molecule has 2 aromatic rings. The van der Waals surface area contributed by atoms with Crippen LogP contribution < -0.4 is 5.32 Å². The Kier molecular flexibility index (Phi) is 4.79. The van der Waals surface area contributed by atoms with Crippen LogP contribution in [-0.2, 0) is 11.2 Å². The highest BCUT2D eigenvalue weighted by atomic mass is 32.1. The Morgan fingerprint density at radius 1 is 1.30 bits per heavy atom. The molecule has 0 aliphatic rings. The molecule has 0 saturated heterocycles. The van der Waals surface area contributed by atoms with Gasteiger partial charge in [0, 0.05) is 4.88 Å². The molecular weight excluding hydrogens is 270 g/mol. The molecule has 1 aromatic carbocycles. The van der Waals surface area contributed by atoms with E-state index in [1.54, 1.807) is 29.5 Å². The molecule has 1 amide bonds. The van der Waals surface area contributed by atoms with Gasteiger partial charge in [-0.3, -0.25) is 4.79 Å². The molecule has 0 aliphatic carbocycles. The molecule has 2 N–H and O–H groups in total. The minimum Gasteiger partial charge on any atom is -0.508 e. The van der Waals surface area contributed by atoms with Gasteiger partial charge in [-0.15, -0.1) is 11.3 Å². The van der Waals surface area contributed by atoms with Gasteiger partial charge in [-0.05, 0) is 35.1 Å². The van der Waals surface area contributed by atoms with Crippen molar-refractivity contribution < 1.29 is 9.90 Å². The lowest BCUT2D eigenvalue weighted by molar-refractivity contribution is -0.121. The minimum atomic E-state index is -0.0253. The normalized spacial score (nSPS) is 12.3. The van der Waals surface area contributed by atoms with Crippen LogP contribution in [0, 0.1) is 5.92 Å². The zero-order valence-electron chi connectivity index (χ0n) is 11.7. The fourth-order valence-corrected chi connectivity index (χ4v) is 3.06. The third-order valence-corrected chi connectivity index (χ3v) is 4.06. The summed E-state index contributed by atoms with van der Waals surface area (Å²) >= 11 is 1.66. The Balaban J connectivity index is 2.02. The predicted molar refractivity (Wildman–Crippen MR) is 81.9 cm³/mol. The number of thiophene rings is 1. The van der Waals surface area contributed by atoms with Crippen molar-refractivity contribution in [3.8, 4) is 5.75 Å². The van der Waals surface area contributed by atoms with Crippen LogP contribution in [-0.4, -0.2) is 11.0 Å². The molecule has 1 heterocycles. The van der Waals surface area contributed by atoms with Gasteiger partial charge in [-0.1, -0.05) is 32.0 Å². The van der Waals surface area contributed by atoms with Crippen molar-refractivity contribution in [1.82, 2.24) is 5.32 Å². The van der Waals surface area contributed by atoms with E-state index in [0.717, 1.165) is 5.56 Å². The van der Waals surface area contributed by atoms with E-state index in [9.17, 15) is 9.90 Å². The molecule has 3 nitrogen and oxygen atoms in total. The SMILES string of the molecule is CC(C)C(NC(=O)Cc1cccc(O)c1)c1cccs1. The van der Waals surface area contributed by atoms with Crippen LogP contribution in [0.1, 0.15) is 30.3 Å². The smallest absolute Gasteiger partial charge is 0.224 e. The van der Waals surface area contributed by atoms with E-state index in [1.165, 1.54) is 4.88 Å². The number of nitrogens with one attached hydrogen (secondary N) is 1. The Hall–Kier alpha value is -1.81. The molecule has 106 valence electrons. The number of carbonyl (C=O) groups excluding carboxylic acids is 1. The molecule has 0 spiro atoms. The second-order valence-electron chi connectivity index (χ2n) is 5.15. The maximum Gasteiger partial charge on any atom is 0.224 e. The lowest BCUT2D eigenvalue weighted by Gasteiger charge is -2.21. The predicted octanol–water partition coefficient (Wildman–Crippen LogP) is 3.51. The van der Waals surface area contributed by atoms with Crippen molar-refractivity contribution in [2.45, 2.75) is 26.3 Å². The maximum absolute atomic E-state index is 12.1. The molecule has 1 aromatic heterocycles. The van der Waals surface area contributed by atoms with Gasteiger partial charge in [0.15, 0.2) is 0 Å². The first-order chi connectivity index (χ1) is 9.56. The molecule has 0 saturated carbocycles. The molecular formula is C16H19NO2S. The van der Waals surface area contributed by atoms with E-state index in [4.69, 9.17) is 0 Å². The summed E-state index contributed by atoms with van der Waals surface area (Å²) in [5.41, 5.74) is 0.816. The molecule has 4 heteroatoms. The lowest BCUT2D eigenvalue weighted by atomic mass is 10.0. The van der Waals surface area contributed by atoms with Gasteiger partial charge in [0.05, 0.1) is 12.5 Å². The highest BCUT2D eigenvalue weighted by Gasteiger charge is 2.19. The third-order valence-electron chi connectivity index (χ3n) is 3.11. The zero-order valence-corrected chi connectivity index (χ0v) is 12.5. The number of hydrogen-bond acceptors (Lipinski definition) is 3. The third kappa shape index (κ3) is 3.84. The van der Waals surface area contributed by atoms with Crippen molar-refractivity contribution in [2.24, 2.45) is 5.92 Å². The Bertz CT molecular complexity index is 564. The summed E-state index contributed by atoms with van der Waals surface area (Å²) in [6.07, 6.45) is 0.281. The van der Waals surface area contributed by atoms with Gasteiger partial charge in [-0.2, -0.15) is 0 Å². The fourth-order valence-electron chi connectivity index (χ4n) is 2.11. The van der Waals surface area contributed by atoms with E-state index in [0.29, 0.717) is 5.92 Å². The number of benzene rings is 1. The fraction of sp³-hybridized carbons (Fsp3) is 0.312. The topological polar surface area (TPSA) is 49.3 Å². The molecule has 20 heavy (non-hydrogen) atoms. The van der Waals surface area contributed by atoms with Crippen LogP contribution in [0.5, 0.6) is 5.75 Å². The van der Waals surface area contributed by atoms with Gasteiger partial charge in [-0.25, -0.2) is 0 Å². The number of rotatable bonds is 5. The zero-order chi connectivity index (χ0) is 14.5. The number of aromatic hydroxyl groups is 1. The van der Waals surface area contributed by atoms with Crippen molar-refractivity contribution in [2.75, 3.05) is 0 Å². The van der Waals surface area contributed by atoms with E-state index < -0.39 is 0 Å². The van der Waals surface area contributed by atoms with Gasteiger partial charge in [0.25, 0.3) is 0 Å². The van der Waals surface area contributed by atoms with Gasteiger partial charge >= 0.3 is 0 Å². The van der Waals surface area contributed by atoms with Crippen LogP contribution in [0.15, 0.2) is 41.8 Å². The highest BCUT2D eigenvalue weighted by Crippen LogP contribution is 2.25. The lowest BCUT2D eigenvalue weighted by Crippen LogP contribution is -2.32. The standard InChI is InChI=1S/C16H19NO2S/c1-11(2)16(14-7-4-8-20-14)17-15(19)10-12-5-3-6-13(18)9-12/h3-9,11,16,18H,10H2,1-2H3,(H,17,19). The van der Waals surface area contributed by atoms with E-state index in [1.807, 2.05) is 23.6 Å². The van der Waals surface area contributed by atoms with Crippen molar-refractivity contribution in [3.05, 3.63) is 52.2 Å². The summed E-state index contributed by atoms with van der Waals surface area (Å²) in [5, 5.41) is 14.5. The number of phenols is 1. The molecule has 0 aliphatic heterocycles. The van der Waals surface area contributed by atoms with Crippen LogP contribution in [0.2, 0.25) is 0 Å². The maximum atomic E-state index is 12.1. The second-order valence-corrected chi connectivity index (χ2v) is 6.13. The first-order valence-electron chi connectivity index (χ1n) is 6.67. The molecule has 0 radical (unpaired) electrons. The average molecular weight is 289 g/mol. The molecule has 1 atom stereocenters. The summed E-state index contributed by atoms with van der Waals surface area (Å²) < 4.78 is 0. The monoisotopic (exact) mass is 289 g/mol. The molecule has 2 rings (SSSR count). The average Bonchev–Trinajstić information content (AvgIpc) is 2.89. The summed E-state index contributed by atoms with van der Waals surface area (Å²) in [6.45, 7) is 4.19. The number of carbonyl (C=O) groups is 1. The summed E-state index contributed by atoms with van der Waals surface area (Å²) in [5.74, 6) is 0.499. The van der Waals surface area contributed by atoms with Gasteiger partial charge in [0.2, 0.25) is 5.91 Å². The largest absolute Gasteiger partial charge is 0.508 e. The van der Waals surface area contributed by atoms with Crippen molar-refractivity contribution in [3.63, 3.8) is 0 Å². The van der Waals surface area contributed by atoms with Crippen LogP contribution in [0.25, 0.3) is 0 Å². The van der Waals surface area contributed by atoms with Crippen LogP contribution in [0.3, 0.4) is 0 Å². The van der Waals surface area contributed by atoms with Crippen LogP contribution in [0.4, 0.5) is 0 Å². The summed E-state index contributed by atoms with van der Waals surface area (Å²) in [7, 11) is 0. The van der Waals surface area contributed by atoms with Crippen molar-refractivity contribution >= 4 is 17.2 Å². The van der Waals surface area contributed by atoms with Crippen molar-refractivity contribution in [1.29, 1.82) is 0 Å². The first-order valence-corrected chi connectivity index (χ1v) is 7.55. The second kappa shape index (κ2) is 6.57. The molecule has 0 bridgehead atoms. The van der Waals surface area contributed by atoms with E-state index >= 15 is 0 Å². The summed E-state index contributed by atoms with van der Waals surface area (Å²) in [6, 6.07) is 10.9. The highest BCUT2D eigenvalue weighted by molar-refractivity contribution is 7.10. The summed E-state index contributed by atoms with van der Waals surface area (Å²) in [4.78, 5) is 13.3. The van der Waals surface area contributed by atoms with Crippen LogP contribution >= 0.6 is 11.3 Å². The minimum absolute atomic E-state index is 0.0253. The number of hydrogen-bond donors (Lipinski definition) is 2. The number of phenolic OH excluding ortho intramolecular Hbond substituents is 1. The Morgan fingerprint density at radius 2 is 2.10 bits per heavy atom. The van der Waals surface area contributed by atoms with E-state index in [2.05, 4.69) is 19.2 Å². The quantitative estimate of drug-likeness (QED) is 0.885. The van der Waals surface area contributed by atoms with Gasteiger partial charge < -0.3 is 10.4 Å². The van der Waals surface area contributed by atoms with Gasteiger partial charge in [0.1, 0.15) is 5.75 Å². The molecule has 0 fully saturated rings. The number of amides is 1. The Morgan fingerprint density at radius 3 is 2.70 bits per heavy atom. The first kappa shape index (κ1) is 14.6. The van der Waals surface area contributed by atoms with E-state index in [-0.39, 0.29) is 24.1 Å². The Labute approximate surface area is 123 Å².